The minimum atomic E-state index is 0.304. The molecule has 0 aliphatic carbocycles. The summed E-state index contributed by atoms with van der Waals surface area (Å²) >= 11 is 5.91. The van der Waals surface area contributed by atoms with Gasteiger partial charge in [0.15, 0.2) is 0 Å². The third kappa shape index (κ3) is 4.69. The maximum absolute atomic E-state index is 5.91. The normalized spacial score (nSPS) is 14.1. The van der Waals surface area contributed by atoms with Crippen LogP contribution in [0.25, 0.3) is 0 Å². The van der Waals surface area contributed by atoms with Crippen LogP contribution in [0.15, 0.2) is 24.3 Å². The number of benzene rings is 1. The lowest BCUT2D eigenvalue weighted by Gasteiger charge is -2.34. The molecule has 0 bridgehead atoms. The smallest absolute Gasteiger partial charge is 0.0406 e. The van der Waals surface area contributed by atoms with Gasteiger partial charge in [0.05, 0.1) is 0 Å². The minimum Gasteiger partial charge on any atom is -0.309 e. The van der Waals surface area contributed by atoms with E-state index in [-0.39, 0.29) is 0 Å². The van der Waals surface area contributed by atoms with Crippen LogP contribution in [0.5, 0.6) is 0 Å². The number of hydrogen-bond donors (Lipinski definition) is 0. The Kier molecular flexibility index (Phi) is 5.03. The standard InChI is InChI=1S/C15H24ClN/c1-12(11-17(4)5)15(2,3)10-13-6-8-14(16)9-7-13/h6-9,12H,10-11H2,1-5H3/t12-/m1/s1. The molecule has 1 atom stereocenters. The third-order valence-electron chi connectivity index (χ3n) is 3.55. The van der Waals surface area contributed by atoms with Gasteiger partial charge in [-0.3, -0.25) is 0 Å². The minimum absolute atomic E-state index is 0.304. The van der Waals surface area contributed by atoms with Crippen LogP contribution in [-0.2, 0) is 6.42 Å². The highest BCUT2D eigenvalue weighted by Gasteiger charge is 2.26. The molecule has 0 unspecified atom stereocenters. The zero-order chi connectivity index (χ0) is 13.1. The number of nitrogens with zero attached hydrogens (tertiary/aromatic N) is 1. The Hall–Kier alpha value is -0.530. The third-order valence-corrected chi connectivity index (χ3v) is 3.80. The summed E-state index contributed by atoms with van der Waals surface area (Å²) in [4.78, 5) is 2.26. The fourth-order valence-corrected chi connectivity index (χ4v) is 2.22. The Balaban J connectivity index is 2.68. The number of halogens is 1. The largest absolute Gasteiger partial charge is 0.309 e. The van der Waals surface area contributed by atoms with Gasteiger partial charge in [-0.05, 0) is 49.5 Å². The lowest BCUT2D eigenvalue weighted by molar-refractivity contribution is 0.180. The molecule has 0 aliphatic rings. The Bertz CT molecular complexity index is 340. The van der Waals surface area contributed by atoms with Crippen LogP contribution in [0.1, 0.15) is 26.3 Å². The second kappa shape index (κ2) is 5.88. The van der Waals surface area contributed by atoms with E-state index in [4.69, 9.17) is 11.6 Å². The van der Waals surface area contributed by atoms with E-state index in [9.17, 15) is 0 Å². The van der Waals surface area contributed by atoms with Crippen molar-refractivity contribution in [1.82, 2.24) is 4.90 Å². The van der Waals surface area contributed by atoms with Gasteiger partial charge in [0.2, 0.25) is 0 Å². The van der Waals surface area contributed by atoms with Crippen molar-refractivity contribution in [3.05, 3.63) is 34.9 Å². The quantitative estimate of drug-likeness (QED) is 0.764. The Morgan fingerprint density at radius 3 is 2.18 bits per heavy atom. The van der Waals surface area contributed by atoms with E-state index in [1.54, 1.807) is 0 Å². The first-order chi connectivity index (χ1) is 7.81. The molecule has 0 spiro atoms. The Morgan fingerprint density at radius 2 is 1.71 bits per heavy atom. The van der Waals surface area contributed by atoms with E-state index >= 15 is 0 Å². The monoisotopic (exact) mass is 253 g/mol. The van der Waals surface area contributed by atoms with Crippen LogP contribution in [0, 0.1) is 11.3 Å². The van der Waals surface area contributed by atoms with E-state index in [0.29, 0.717) is 11.3 Å². The van der Waals surface area contributed by atoms with Crippen molar-refractivity contribution >= 4 is 11.6 Å². The van der Waals surface area contributed by atoms with E-state index in [1.165, 1.54) is 5.56 Å². The molecule has 1 nitrogen and oxygen atoms in total. The average molecular weight is 254 g/mol. The van der Waals surface area contributed by atoms with Gasteiger partial charge < -0.3 is 4.90 Å². The molecule has 2 heteroatoms. The van der Waals surface area contributed by atoms with Crippen molar-refractivity contribution in [2.75, 3.05) is 20.6 Å². The van der Waals surface area contributed by atoms with Gasteiger partial charge in [-0.25, -0.2) is 0 Å². The van der Waals surface area contributed by atoms with Crippen LogP contribution >= 0.6 is 11.6 Å². The molecule has 0 aliphatic heterocycles. The second-order valence-electron chi connectivity index (χ2n) is 5.96. The van der Waals surface area contributed by atoms with Crippen molar-refractivity contribution in [2.24, 2.45) is 11.3 Å². The van der Waals surface area contributed by atoms with Crippen LogP contribution in [-0.4, -0.2) is 25.5 Å². The van der Waals surface area contributed by atoms with Gasteiger partial charge in [0, 0.05) is 11.6 Å². The fraction of sp³-hybridized carbons (Fsp3) is 0.600. The number of rotatable bonds is 5. The highest BCUT2D eigenvalue weighted by molar-refractivity contribution is 6.30. The zero-order valence-corrected chi connectivity index (χ0v) is 12.4. The average Bonchev–Trinajstić information content (AvgIpc) is 2.20. The lowest BCUT2D eigenvalue weighted by Crippen LogP contribution is -2.32. The summed E-state index contributed by atoms with van der Waals surface area (Å²) < 4.78 is 0. The first-order valence-electron chi connectivity index (χ1n) is 6.20. The molecule has 0 aromatic heterocycles. The summed E-state index contributed by atoms with van der Waals surface area (Å²) in [5, 5.41) is 0.813. The molecule has 1 aromatic carbocycles. The molecule has 1 aromatic rings. The van der Waals surface area contributed by atoms with E-state index < -0.39 is 0 Å². The maximum Gasteiger partial charge on any atom is 0.0406 e. The van der Waals surface area contributed by atoms with Gasteiger partial charge in [0.1, 0.15) is 0 Å². The predicted octanol–water partition coefficient (Wildman–Crippen LogP) is 4.11. The van der Waals surface area contributed by atoms with E-state index in [2.05, 4.69) is 51.9 Å². The predicted molar refractivity (Wildman–Crippen MR) is 76.7 cm³/mol. The Labute approximate surface area is 111 Å². The van der Waals surface area contributed by atoms with Crippen molar-refractivity contribution < 1.29 is 0 Å². The van der Waals surface area contributed by atoms with Crippen molar-refractivity contribution in [3.8, 4) is 0 Å². The molecular weight excluding hydrogens is 230 g/mol. The highest BCUT2D eigenvalue weighted by atomic mass is 35.5. The molecule has 0 fully saturated rings. The van der Waals surface area contributed by atoms with Crippen LogP contribution < -0.4 is 0 Å². The maximum atomic E-state index is 5.91. The number of hydrogen-bond acceptors (Lipinski definition) is 1. The summed E-state index contributed by atoms with van der Waals surface area (Å²) in [5.41, 5.74) is 1.67. The Morgan fingerprint density at radius 1 is 1.18 bits per heavy atom. The first-order valence-corrected chi connectivity index (χ1v) is 6.58. The molecule has 0 amide bonds. The van der Waals surface area contributed by atoms with Gasteiger partial charge in [-0.1, -0.05) is 44.5 Å². The van der Waals surface area contributed by atoms with Crippen molar-refractivity contribution in [1.29, 1.82) is 0 Å². The molecule has 17 heavy (non-hydrogen) atoms. The van der Waals surface area contributed by atoms with Crippen molar-refractivity contribution in [2.45, 2.75) is 27.2 Å². The summed E-state index contributed by atoms with van der Waals surface area (Å²) in [7, 11) is 4.27. The van der Waals surface area contributed by atoms with Gasteiger partial charge in [-0.2, -0.15) is 0 Å². The molecule has 0 saturated heterocycles. The molecule has 0 saturated carbocycles. The second-order valence-corrected chi connectivity index (χ2v) is 6.39. The van der Waals surface area contributed by atoms with E-state index in [1.807, 2.05) is 12.1 Å². The highest BCUT2D eigenvalue weighted by Crippen LogP contribution is 2.31. The van der Waals surface area contributed by atoms with Crippen LogP contribution in [0.3, 0.4) is 0 Å². The molecule has 0 N–H and O–H groups in total. The van der Waals surface area contributed by atoms with Crippen molar-refractivity contribution in [3.63, 3.8) is 0 Å². The molecule has 0 radical (unpaired) electrons. The van der Waals surface area contributed by atoms with Crippen LogP contribution in [0.4, 0.5) is 0 Å². The summed E-state index contributed by atoms with van der Waals surface area (Å²) in [6.07, 6.45) is 1.10. The van der Waals surface area contributed by atoms with Gasteiger partial charge in [-0.15, -0.1) is 0 Å². The van der Waals surface area contributed by atoms with Gasteiger partial charge in [0.25, 0.3) is 0 Å². The SMILES string of the molecule is C[C@H](CN(C)C)C(C)(C)Cc1ccc(Cl)cc1. The molecule has 0 heterocycles. The summed E-state index contributed by atoms with van der Waals surface area (Å²) in [6, 6.07) is 8.21. The van der Waals surface area contributed by atoms with Gasteiger partial charge >= 0.3 is 0 Å². The van der Waals surface area contributed by atoms with E-state index in [0.717, 1.165) is 18.0 Å². The zero-order valence-electron chi connectivity index (χ0n) is 11.6. The molecular formula is C15H24ClN. The lowest BCUT2D eigenvalue weighted by atomic mass is 9.75. The topological polar surface area (TPSA) is 3.24 Å². The molecule has 96 valence electrons. The van der Waals surface area contributed by atoms with Crippen LogP contribution in [0.2, 0.25) is 5.02 Å². The first kappa shape index (κ1) is 14.5. The fourth-order valence-electron chi connectivity index (χ4n) is 2.10. The molecule has 1 rings (SSSR count). The summed E-state index contributed by atoms with van der Waals surface area (Å²) in [5.74, 6) is 0.660. The summed E-state index contributed by atoms with van der Waals surface area (Å²) in [6.45, 7) is 8.14.